The summed E-state index contributed by atoms with van der Waals surface area (Å²) in [4.78, 5) is 38.3. The zero-order chi connectivity index (χ0) is 57.8. The summed E-state index contributed by atoms with van der Waals surface area (Å²) in [6, 6.07) is 0. The maximum absolute atomic E-state index is 12.9. The molecular formula is C74H138O6. The van der Waals surface area contributed by atoms with Crippen LogP contribution in [0.1, 0.15) is 400 Å². The molecule has 1 unspecified atom stereocenters. The lowest BCUT2D eigenvalue weighted by atomic mass is 10.0. The van der Waals surface area contributed by atoms with E-state index in [0.717, 1.165) is 77.0 Å². The summed E-state index contributed by atoms with van der Waals surface area (Å²) in [5.74, 6) is -0.858. The number of esters is 3. The van der Waals surface area contributed by atoms with Gasteiger partial charge < -0.3 is 14.2 Å². The molecule has 0 aromatic carbocycles. The van der Waals surface area contributed by atoms with E-state index in [1.54, 1.807) is 0 Å². The predicted octanol–water partition coefficient (Wildman–Crippen LogP) is 24.7. The highest BCUT2D eigenvalue weighted by Crippen LogP contribution is 2.19. The Morgan fingerprint density at radius 2 is 0.450 bits per heavy atom. The average molecular weight is 1120 g/mol. The normalized spacial score (nSPS) is 12.2. The van der Waals surface area contributed by atoms with Crippen molar-refractivity contribution in [2.75, 3.05) is 13.2 Å². The Balaban J connectivity index is 4.14. The average Bonchev–Trinajstić information content (AvgIpc) is 3.46. The molecule has 0 aliphatic heterocycles. The van der Waals surface area contributed by atoms with Gasteiger partial charge in [-0.05, 0) is 57.8 Å². The third-order valence-corrected chi connectivity index (χ3v) is 16.4. The van der Waals surface area contributed by atoms with E-state index in [1.165, 1.54) is 283 Å². The maximum atomic E-state index is 12.9. The molecule has 0 saturated carbocycles. The van der Waals surface area contributed by atoms with Crippen LogP contribution in [0.15, 0.2) is 36.5 Å². The van der Waals surface area contributed by atoms with Crippen molar-refractivity contribution in [3.8, 4) is 0 Å². The Labute approximate surface area is 499 Å². The van der Waals surface area contributed by atoms with E-state index in [-0.39, 0.29) is 31.1 Å². The van der Waals surface area contributed by atoms with Gasteiger partial charge in [0.15, 0.2) is 6.10 Å². The van der Waals surface area contributed by atoms with Crippen LogP contribution in [-0.2, 0) is 28.6 Å². The Hall–Kier alpha value is -2.37. The molecule has 0 aromatic heterocycles. The Kier molecular flexibility index (Phi) is 67.1. The molecule has 0 spiro atoms. The predicted molar refractivity (Wildman–Crippen MR) is 349 cm³/mol. The van der Waals surface area contributed by atoms with Crippen molar-refractivity contribution in [1.82, 2.24) is 0 Å². The second-order valence-corrected chi connectivity index (χ2v) is 24.5. The minimum absolute atomic E-state index is 0.0722. The number of hydrogen-bond acceptors (Lipinski definition) is 6. The van der Waals surface area contributed by atoms with Gasteiger partial charge in [-0.15, -0.1) is 0 Å². The fourth-order valence-corrected chi connectivity index (χ4v) is 11.0. The lowest BCUT2D eigenvalue weighted by molar-refractivity contribution is -0.167. The number of hydrogen-bond donors (Lipinski definition) is 0. The summed E-state index contributed by atoms with van der Waals surface area (Å²) in [5.41, 5.74) is 0. The highest BCUT2D eigenvalue weighted by molar-refractivity contribution is 5.71. The molecule has 0 fully saturated rings. The molecule has 0 saturated heterocycles. The van der Waals surface area contributed by atoms with Crippen LogP contribution in [0.4, 0.5) is 0 Å². The number of rotatable bonds is 67. The molecule has 0 radical (unpaired) electrons. The SMILES string of the molecule is CCCCCCC/C=C\C/C=C\C/C=C\CCCCCCCCC(=O)OC(COC(=O)CCCCCCCCCCCCC)COC(=O)CCCCCCCCCCCCCCCCCCCCCCCCCCCCCCCC. The molecule has 1 atom stereocenters. The van der Waals surface area contributed by atoms with Crippen molar-refractivity contribution in [1.29, 1.82) is 0 Å². The van der Waals surface area contributed by atoms with Gasteiger partial charge in [0, 0.05) is 19.3 Å². The number of carbonyl (C=O) groups excluding carboxylic acids is 3. The van der Waals surface area contributed by atoms with E-state index in [0.29, 0.717) is 19.3 Å². The lowest BCUT2D eigenvalue weighted by Crippen LogP contribution is -2.30. The largest absolute Gasteiger partial charge is 0.462 e. The zero-order valence-electron chi connectivity index (χ0n) is 54.1. The zero-order valence-corrected chi connectivity index (χ0v) is 54.1. The first-order valence-corrected chi connectivity index (χ1v) is 36.0. The van der Waals surface area contributed by atoms with E-state index in [2.05, 4.69) is 57.2 Å². The topological polar surface area (TPSA) is 78.9 Å². The minimum atomic E-state index is -0.776. The monoisotopic (exact) mass is 1120 g/mol. The number of carbonyl (C=O) groups is 3. The molecule has 0 aliphatic carbocycles. The van der Waals surface area contributed by atoms with Crippen LogP contribution in [0.5, 0.6) is 0 Å². The van der Waals surface area contributed by atoms with Gasteiger partial charge in [-0.25, -0.2) is 0 Å². The summed E-state index contributed by atoms with van der Waals surface area (Å²) >= 11 is 0. The van der Waals surface area contributed by atoms with E-state index in [9.17, 15) is 14.4 Å². The van der Waals surface area contributed by atoms with E-state index in [1.807, 2.05) is 0 Å². The first kappa shape index (κ1) is 77.6. The highest BCUT2D eigenvalue weighted by Gasteiger charge is 2.19. The molecule has 470 valence electrons. The van der Waals surface area contributed by atoms with Crippen LogP contribution in [-0.4, -0.2) is 37.2 Å². The van der Waals surface area contributed by atoms with Crippen molar-refractivity contribution in [2.45, 2.75) is 406 Å². The second kappa shape index (κ2) is 69.1. The molecule has 80 heavy (non-hydrogen) atoms. The Morgan fingerprint density at radius 3 is 0.700 bits per heavy atom. The fraction of sp³-hybridized carbons (Fsp3) is 0.878. The van der Waals surface area contributed by atoms with Crippen LogP contribution in [0, 0.1) is 0 Å². The first-order chi connectivity index (χ1) is 39.5. The van der Waals surface area contributed by atoms with Crippen LogP contribution in [0.2, 0.25) is 0 Å². The van der Waals surface area contributed by atoms with Crippen molar-refractivity contribution in [3.63, 3.8) is 0 Å². The second-order valence-electron chi connectivity index (χ2n) is 24.5. The van der Waals surface area contributed by atoms with Crippen LogP contribution in [0.3, 0.4) is 0 Å². The van der Waals surface area contributed by atoms with Gasteiger partial charge in [-0.2, -0.15) is 0 Å². The highest BCUT2D eigenvalue weighted by atomic mass is 16.6. The number of unbranched alkanes of at least 4 members (excludes halogenated alkanes) is 50. The summed E-state index contributed by atoms with van der Waals surface area (Å²) in [6.07, 6.45) is 86.2. The molecule has 0 heterocycles. The van der Waals surface area contributed by atoms with Crippen LogP contribution in [0.25, 0.3) is 0 Å². The van der Waals surface area contributed by atoms with Gasteiger partial charge in [0.2, 0.25) is 0 Å². The van der Waals surface area contributed by atoms with Gasteiger partial charge in [0.05, 0.1) is 0 Å². The van der Waals surface area contributed by atoms with Crippen LogP contribution >= 0.6 is 0 Å². The molecule has 0 rings (SSSR count). The van der Waals surface area contributed by atoms with Gasteiger partial charge in [-0.1, -0.05) is 359 Å². The summed E-state index contributed by atoms with van der Waals surface area (Å²) < 4.78 is 17.0. The standard InChI is InChI=1S/C74H138O6/c1-4-7-10-13-16-19-22-24-26-28-30-32-33-34-35-36-37-38-39-40-42-43-45-47-49-52-55-58-61-64-67-73(76)79-70-71(69-78-72(75)66-63-60-57-54-51-21-18-15-12-9-6-3)80-74(77)68-65-62-59-56-53-50-48-46-44-41-31-29-27-25-23-20-17-14-11-8-5-2/h23,25,29,31,44,46,71H,4-22,24,26-28,30,32-43,45,47-70H2,1-3H3/b25-23-,31-29-,46-44-. The molecule has 0 amide bonds. The van der Waals surface area contributed by atoms with Gasteiger partial charge >= 0.3 is 17.9 Å². The van der Waals surface area contributed by atoms with Gasteiger partial charge in [0.25, 0.3) is 0 Å². The summed E-state index contributed by atoms with van der Waals surface area (Å²) in [6.45, 7) is 6.68. The third-order valence-electron chi connectivity index (χ3n) is 16.4. The Morgan fingerprint density at radius 1 is 0.250 bits per heavy atom. The van der Waals surface area contributed by atoms with E-state index < -0.39 is 6.10 Å². The van der Waals surface area contributed by atoms with E-state index in [4.69, 9.17) is 14.2 Å². The Bertz CT molecular complexity index is 1340. The van der Waals surface area contributed by atoms with Crippen molar-refractivity contribution < 1.29 is 28.6 Å². The molecule has 0 aromatic rings. The molecule has 0 bridgehead atoms. The molecular weight excluding hydrogens is 985 g/mol. The smallest absolute Gasteiger partial charge is 0.306 e. The van der Waals surface area contributed by atoms with Gasteiger partial charge in [0.1, 0.15) is 13.2 Å². The quantitative estimate of drug-likeness (QED) is 0.0261. The summed E-state index contributed by atoms with van der Waals surface area (Å²) in [5, 5.41) is 0. The molecule has 6 nitrogen and oxygen atoms in total. The number of allylic oxidation sites excluding steroid dienone is 6. The third kappa shape index (κ3) is 66.4. The number of ether oxygens (including phenoxy) is 3. The summed E-state index contributed by atoms with van der Waals surface area (Å²) in [7, 11) is 0. The maximum Gasteiger partial charge on any atom is 0.306 e. The minimum Gasteiger partial charge on any atom is -0.462 e. The van der Waals surface area contributed by atoms with Crippen LogP contribution < -0.4 is 0 Å². The van der Waals surface area contributed by atoms with Crippen molar-refractivity contribution in [3.05, 3.63) is 36.5 Å². The molecule has 6 heteroatoms. The fourth-order valence-electron chi connectivity index (χ4n) is 11.0. The first-order valence-electron chi connectivity index (χ1n) is 36.0. The van der Waals surface area contributed by atoms with Crippen molar-refractivity contribution in [2.24, 2.45) is 0 Å². The van der Waals surface area contributed by atoms with E-state index >= 15 is 0 Å². The molecule has 0 N–H and O–H groups in total. The van der Waals surface area contributed by atoms with Gasteiger partial charge in [-0.3, -0.25) is 14.4 Å². The molecule has 0 aliphatic rings. The lowest BCUT2D eigenvalue weighted by Gasteiger charge is -2.18. The van der Waals surface area contributed by atoms with Crippen molar-refractivity contribution >= 4 is 17.9 Å².